The van der Waals surface area contributed by atoms with Crippen molar-refractivity contribution in [3.8, 4) is 5.75 Å². The number of fused-ring (bicyclic) bond motifs is 4. The van der Waals surface area contributed by atoms with E-state index in [1.807, 2.05) is 32.0 Å². The second-order valence-electron chi connectivity index (χ2n) is 9.43. The van der Waals surface area contributed by atoms with Crippen molar-refractivity contribution in [2.45, 2.75) is 31.3 Å². The Morgan fingerprint density at radius 1 is 1.24 bits per heavy atom. The Labute approximate surface area is 197 Å². The topological polar surface area (TPSA) is 111 Å². The molecule has 9 nitrogen and oxygen atoms in total. The smallest absolute Gasteiger partial charge is 0.317 e. The minimum atomic E-state index is -0.529. The molecule has 1 atom stereocenters. The van der Waals surface area contributed by atoms with E-state index < -0.39 is 11.5 Å². The van der Waals surface area contributed by atoms with E-state index in [0.29, 0.717) is 25.2 Å². The Hall–Kier alpha value is -3.59. The lowest BCUT2D eigenvalue weighted by atomic mass is 9.68. The quantitative estimate of drug-likeness (QED) is 0.550. The molecule has 178 valence electrons. The summed E-state index contributed by atoms with van der Waals surface area (Å²) in [6, 6.07) is 8.60. The normalized spacial score (nSPS) is 18.7. The molecule has 34 heavy (non-hydrogen) atoms. The van der Waals surface area contributed by atoms with Crippen LogP contribution in [0.4, 0.5) is 4.79 Å². The number of H-pyrrole nitrogens is 1. The highest BCUT2D eigenvalue weighted by molar-refractivity contribution is 5.96. The van der Waals surface area contributed by atoms with Gasteiger partial charge < -0.3 is 29.9 Å². The molecule has 5 rings (SSSR count). The molecule has 0 saturated carbocycles. The van der Waals surface area contributed by atoms with Gasteiger partial charge in [0, 0.05) is 66.3 Å². The number of nitrogens with zero attached hydrogens (tertiary/aromatic N) is 3. The van der Waals surface area contributed by atoms with Gasteiger partial charge in [0.15, 0.2) is 0 Å². The molecule has 1 aromatic carbocycles. The van der Waals surface area contributed by atoms with Gasteiger partial charge in [-0.3, -0.25) is 9.78 Å². The Morgan fingerprint density at radius 2 is 1.97 bits per heavy atom. The Bertz CT molecular complexity index is 1230. The molecule has 2 aliphatic heterocycles. The highest BCUT2D eigenvalue weighted by atomic mass is 16.5. The molecule has 0 unspecified atom stereocenters. The second-order valence-corrected chi connectivity index (χ2v) is 9.43. The van der Waals surface area contributed by atoms with Gasteiger partial charge in [0.05, 0.1) is 25.2 Å². The van der Waals surface area contributed by atoms with Crippen LogP contribution in [0.2, 0.25) is 0 Å². The van der Waals surface area contributed by atoms with Crippen LogP contribution in [0, 0.1) is 0 Å². The SMILES string of the molecule is COc1ccc2c3c([nH]c2c1)[C@H](CO)N(C(=O)c1ccncc1)CC31CN(C(=O)NC(C)C)C1. The van der Waals surface area contributed by atoms with Gasteiger partial charge in [0.2, 0.25) is 0 Å². The molecule has 0 bridgehead atoms. The molecular weight excluding hydrogens is 434 g/mol. The van der Waals surface area contributed by atoms with Crippen molar-refractivity contribution in [2.24, 2.45) is 0 Å². The molecule has 4 heterocycles. The first kappa shape index (κ1) is 22.2. The number of benzene rings is 1. The van der Waals surface area contributed by atoms with E-state index in [0.717, 1.165) is 27.9 Å². The Morgan fingerprint density at radius 3 is 2.62 bits per heavy atom. The molecule has 3 amide bonds. The van der Waals surface area contributed by atoms with Crippen molar-refractivity contribution in [1.29, 1.82) is 0 Å². The van der Waals surface area contributed by atoms with Gasteiger partial charge in [-0.25, -0.2) is 4.79 Å². The lowest BCUT2D eigenvalue weighted by Crippen LogP contribution is -2.69. The number of carbonyl (C=O) groups is 2. The van der Waals surface area contributed by atoms with Crippen LogP contribution in [0.15, 0.2) is 42.7 Å². The first-order valence-electron chi connectivity index (χ1n) is 11.4. The lowest BCUT2D eigenvalue weighted by molar-refractivity contribution is 0.0138. The van der Waals surface area contributed by atoms with Gasteiger partial charge >= 0.3 is 6.03 Å². The van der Waals surface area contributed by atoms with Crippen LogP contribution < -0.4 is 10.1 Å². The van der Waals surface area contributed by atoms with Crippen molar-refractivity contribution in [3.05, 3.63) is 59.5 Å². The zero-order valence-electron chi connectivity index (χ0n) is 19.5. The monoisotopic (exact) mass is 463 g/mol. The van der Waals surface area contributed by atoms with Crippen LogP contribution in [0.5, 0.6) is 5.75 Å². The number of amides is 3. The highest BCUT2D eigenvalue weighted by Gasteiger charge is 2.55. The zero-order valence-corrected chi connectivity index (χ0v) is 19.5. The van der Waals surface area contributed by atoms with Crippen molar-refractivity contribution < 1.29 is 19.4 Å². The number of urea groups is 1. The summed E-state index contributed by atoms with van der Waals surface area (Å²) in [5.74, 6) is 0.546. The number of ether oxygens (including phenoxy) is 1. The van der Waals surface area contributed by atoms with Crippen LogP contribution in [0.1, 0.15) is 41.5 Å². The third-order valence-electron chi connectivity index (χ3n) is 6.80. The second kappa shape index (κ2) is 8.32. The number of hydrogen-bond acceptors (Lipinski definition) is 5. The number of hydrogen-bond donors (Lipinski definition) is 3. The number of aromatic amines is 1. The maximum Gasteiger partial charge on any atom is 0.317 e. The summed E-state index contributed by atoms with van der Waals surface area (Å²) < 4.78 is 5.40. The zero-order chi connectivity index (χ0) is 24.0. The number of nitrogens with one attached hydrogen (secondary N) is 2. The number of methoxy groups -OCH3 is 1. The fourth-order valence-electron chi connectivity index (χ4n) is 5.30. The van der Waals surface area contributed by atoms with Crippen molar-refractivity contribution in [2.75, 3.05) is 33.4 Å². The van der Waals surface area contributed by atoms with E-state index in [1.165, 1.54) is 0 Å². The number of aromatic nitrogens is 2. The summed E-state index contributed by atoms with van der Waals surface area (Å²) in [7, 11) is 1.62. The Balaban J connectivity index is 1.60. The summed E-state index contributed by atoms with van der Waals surface area (Å²) >= 11 is 0. The van der Waals surface area contributed by atoms with Crippen LogP contribution >= 0.6 is 0 Å². The fourth-order valence-corrected chi connectivity index (χ4v) is 5.30. The third kappa shape index (κ3) is 3.47. The molecule has 3 N–H and O–H groups in total. The van der Waals surface area contributed by atoms with E-state index in [1.54, 1.807) is 41.4 Å². The van der Waals surface area contributed by atoms with Crippen LogP contribution in [0.3, 0.4) is 0 Å². The number of pyridine rings is 1. The molecule has 2 aromatic heterocycles. The maximum absolute atomic E-state index is 13.5. The van der Waals surface area contributed by atoms with E-state index in [9.17, 15) is 14.7 Å². The summed E-state index contributed by atoms with van der Waals surface area (Å²) in [5.41, 5.74) is 2.83. The predicted molar refractivity (Wildman–Crippen MR) is 127 cm³/mol. The fraction of sp³-hybridized carbons (Fsp3) is 0.400. The number of carbonyl (C=O) groups excluding carboxylic acids is 2. The van der Waals surface area contributed by atoms with Crippen molar-refractivity contribution in [1.82, 2.24) is 25.1 Å². The summed E-state index contributed by atoms with van der Waals surface area (Å²) in [6.07, 6.45) is 3.17. The predicted octanol–water partition coefficient (Wildman–Crippen LogP) is 2.43. The highest BCUT2D eigenvalue weighted by Crippen LogP contribution is 2.48. The number of likely N-dealkylation sites (tertiary alicyclic amines) is 1. The molecule has 0 radical (unpaired) electrons. The first-order chi connectivity index (χ1) is 16.4. The average Bonchev–Trinajstić information content (AvgIpc) is 3.20. The van der Waals surface area contributed by atoms with Gasteiger partial charge in [-0.1, -0.05) is 0 Å². The minimum Gasteiger partial charge on any atom is -0.497 e. The van der Waals surface area contributed by atoms with Gasteiger partial charge in [-0.2, -0.15) is 0 Å². The van der Waals surface area contributed by atoms with Crippen LogP contribution in [-0.4, -0.2) is 76.2 Å². The van der Waals surface area contributed by atoms with E-state index in [4.69, 9.17) is 4.74 Å². The Kier molecular flexibility index (Phi) is 5.44. The molecule has 1 fully saturated rings. The number of aliphatic hydroxyl groups is 1. The first-order valence-corrected chi connectivity index (χ1v) is 11.4. The summed E-state index contributed by atoms with van der Waals surface area (Å²) in [4.78, 5) is 37.2. The van der Waals surface area contributed by atoms with Gasteiger partial charge in [-0.15, -0.1) is 0 Å². The summed E-state index contributed by atoms with van der Waals surface area (Å²) in [5, 5.41) is 14.4. The molecule has 2 aliphatic rings. The average molecular weight is 464 g/mol. The molecule has 9 heteroatoms. The van der Waals surface area contributed by atoms with Gasteiger partial charge in [-0.05, 0) is 43.7 Å². The van der Waals surface area contributed by atoms with Crippen LogP contribution in [0.25, 0.3) is 10.9 Å². The van der Waals surface area contributed by atoms with Crippen molar-refractivity contribution >= 4 is 22.8 Å². The van der Waals surface area contributed by atoms with Gasteiger partial charge in [0.1, 0.15) is 5.75 Å². The number of rotatable bonds is 4. The lowest BCUT2D eigenvalue weighted by Gasteiger charge is -2.56. The van der Waals surface area contributed by atoms with Crippen molar-refractivity contribution in [3.63, 3.8) is 0 Å². The van der Waals surface area contributed by atoms with Gasteiger partial charge in [0.25, 0.3) is 5.91 Å². The summed E-state index contributed by atoms with van der Waals surface area (Å²) in [6.45, 7) is 5.00. The standard InChI is InChI=1S/C25H29N5O4/c1-15(2)27-24(33)29-12-25(13-29)14-30(23(32)16-6-8-26-9-7-16)20(11-31)22-21(25)18-5-4-17(34-3)10-19(18)28-22/h4-10,15,20,28,31H,11-14H2,1-3H3,(H,27,33)/t20-/m0/s1. The number of aliphatic hydroxyl groups excluding tert-OH is 1. The van der Waals surface area contributed by atoms with E-state index in [2.05, 4.69) is 15.3 Å². The largest absolute Gasteiger partial charge is 0.497 e. The van der Waals surface area contributed by atoms with E-state index >= 15 is 0 Å². The minimum absolute atomic E-state index is 0.0371. The molecule has 1 spiro atoms. The molecular formula is C25H29N5O4. The maximum atomic E-state index is 13.5. The van der Waals surface area contributed by atoms with E-state index in [-0.39, 0.29) is 24.6 Å². The van der Waals surface area contributed by atoms with Crippen LogP contribution in [-0.2, 0) is 5.41 Å². The molecule has 0 aliphatic carbocycles. The molecule has 1 saturated heterocycles. The third-order valence-corrected chi connectivity index (χ3v) is 6.80. The molecule has 3 aromatic rings.